The third-order valence-corrected chi connectivity index (χ3v) is 5.08. The maximum atomic E-state index is 11.3. The maximum Gasteiger partial charge on any atom is 0.151 e. The highest BCUT2D eigenvalue weighted by atomic mass is 32.2. The number of sulfone groups is 1. The van der Waals surface area contributed by atoms with E-state index in [2.05, 4.69) is 5.32 Å². The molecule has 0 saturated carbocycles. The smallest absolute Gasteiger partial charge is 0.151 e. The second kappa shape index (κ2) is 6.89. The van der Waals surface area contributed by atoms with Crippen molar-refractivity contribution in [1.29, 1.82) is 5.26 Å². The molecule has 7 heteroatoms. The van der Waals surface area contributed by atoms with Crippen LogP contribution in [-0.4, -0.2) is 50.3 Å². The number of nitrogens with zero attached hydrogens (tertiary/aromatic N) is 1. The molecule has 2 N–H and O–H groups in total. The molecule has 0 bridgehead atoms. The Morgan fingerprint density at radius 2 is 2.24 bits per heavy atom. The van der Waals surface area contributed by atoms with Gasteiger partial charge in [0.25, 0.3) is 0 Å². The number of benzene rings is 1. The summed E-state index contributed by atoms with van der Waals surface area (Å²) in [5.74, 6) is 0.757. The van der Waals surface area contributed by atoms with Gasteiger partial charge in [0.1, 0.15) is 24.5 Å². The Balaban J connectivity index is 1.75. The van der Waals surface area contributed by atoms with E-state index in [0.29, 0.717) is 17.7 Å². The van der Waals surface area contributed by atoms with Crippen molar-refractivity contribution in [2.45, 2.75) is 18.6 Å². The van der Waals surface area contributed by atoms with Crippen molar-refractivity contribution in [1.82, 2.24) is 5.32 Å². The zero-order valence-corrected chi connectivity index (χ0v) is 12.3. The Bertz CT molecular complexity index is 624. The first kappa shape index (κ1) is 15.8. The summed E-state index contributed by atoms with van der Waals surface area (Å²) in [6.07, 6.45) is -0.187. The fourth-order valence-corrected chi connectivity index (χ4v) is 3.90. The summed E-state index contributed by atoms with van der Waals surface area (Å²) in [4.78, 5) is 0. The number of hydrogen-bond acceptors (Lipinski definition) is 6. The largest absolute Gasteiger partial charge is 0.489 e. The summed E-state index contributed by atoms with van der Waals surface area (Å²) in [5.41, 5.74) is 0.416. The topological polar surface area (TPSA) is 99.4 Å². The van der Waals surface area contributed by atoms with Gasteiger partial charge in [0.2, 0.25) is 0 Å². The summed E-state index contributed by atoms with van der Waals surface area (Å²) in [5, 5.41) is 21.8. The molecule has 1 aliphatic rings. The van der Waals surface area contributed by atoms with E-state index in [0.717, 1.165) is 0 Å². The van der Waals surface area contributed by atoms with E-state index in [-0.39, 0.29) is 30.7 Å². The van der Waals surface area contributed by atoms with Crippen LogP contribution in [0.25, 0.3) is 0 Å². The summed E-state index contributed by atoms with van der Waals surface area (Å²) in [7, 11) is -2.92. The van der Waals surface area contributed by atoms with Crippen LogP contribution in [0.3, 0.4) is 0 Å². The molecular formula is C14H18N2O4S. The minimum atomic E-state index is -2.92. The van der Waals surface area contributed by atoms with Crippen LogP contribution in [0.2, 0.25) is 0 Å². The Kier molecular flexibility index (Phi) is 5.17. The molecule has 0 radical (unpaired) electrons. The third-order valence-electron chi connectivity index (χ3n) is 3.31. The van der Waals surface area contributed by atoms with Crippen LogP contribution in [0, 0.1) is 11.3 Å². The predicted molar refractivity (Wildman–Crippen MR) is 77.7 cm³/mol. The van der Waals surface area contributed by atoms with E-state index in [1.54, 1.807) is 24.3 Å². The van der Waals surface area contributed by atoms with E-state index in [9.17, 15) is 13.5 Å². The second-order valence-electron chi connectivity index (χ2n) is 5.08. The van der Waals surface area contributed by atoms with Crippen LogP contribution < -0.4 is 10.1 Å². The van der Waals surface area contributed by atoms with Gasteiger partial charge in [-0.05, 0) is 18.6 Å². The first-order valence-corrected chi connectivity index (χ1v) is 8.56. The standard InChI is InChI=1S/C14H18N2O4S/c15-7-11-3-1-2-4-14(11)20-9-13(17)8-16-12-5-6-21(18,19)10-12/h1-4,12-13,16-17H,5-6,8-10H2. The van der Waals surface area contributed by atoms with Crippen molar-refractivity contribution in [3.05, 3.63) is 29.8 Å². The van der Waals surface area contributed by atoms with Crippen LogP contribution in [0.15, 0.2) is 24.3 Å². The fourth-order valence-electron chi connectivity index (χ4n) is 2.19. The van der Waals surface area contributed by atoms with E-state index >= 15 is 0 Å². The highest BCUT2D eigenvalue weighted by Crippen LogP contribution is 2.16. The quantitative estimate of drug-likeness (QED) is 0.771. The first-order valence-electron chi connectivity index (χ1n) is 6.74. The van der Waals surface area contributed by atoms with Crippen LogP contribution in [0.5, 0.6) is 5.75 Å². The molecule has 1 aromatic rings. The minimum absolute atomic E-state index is 0.0468. The normalized spacial score (nSPS) is 21.6. The van der Waals surface area contributed by atoms with Gasteiger partial charge >= 0.3 is 0 Å². The van der Waals surface area contributed by atoms with E-state index in [1.165, 1.54) is 0 Å². The van der Waals surface area contributed by atoms with E-state index in [1.807, 2.05) is 6.07 Å². The number of rotatable bonds is 6. The first-order chi connectivity index (χ1) is 10.00. The highest BCUT2D eigenvalue weighted by molar-refractivity contribution is 7.91. The van der Waals surface area contributed by atoms with Gasteiger partial charge in [0, 0.05) is 12.6 Å². The average molecular weight is 310 g/mol. The molecule has 1 fully saturated rings. The Morgan fingerprint density at radius 1 is 1.48 bits per heavy atom. The fraction of sp³-hybridized carbons (Fsp3) is 0.500. The van der Waals surface area contributed by atoms with Crippen molar-refractivity contribution >= 4 is 9.84 Å². The molecule has 2 rings (SSSR count). The molecule has 21 heavy (non-hydrogen) atoms. The lowest BCUT2D eigenvalue weighted by Gasteiger charge is -2.16. The number of para-hydroxylation sites is 1. The summed E-state index contributed by atoms with van der Waals surface area (Å²) in [6, 6.07) is 8.72. The van der Waals surface area contributed by atoms with Crippen molar-refractivity contribution in [3.8, 4) is 11.8 Å². The third kappa shape index (κ3) is 4.70. The van der Waals surface area contributed by atoms with E-state index in [4.69, 9.17) is 10.00 Å². The molecule has 0 aliphatic carbocycles. The molecular weight excluding hydrogens is 292 g/mol. The Hall–Kier alpha value is -1.62. The van der Waals surface area contributed by atoms with Gasteiger partial charge in [-0.3, -0.25) is 0 Å². The lowest BCUT2D eigenvalue weighted by molar-refractivity contribution is 0.104. The van der Waals surface area contributed by atoms with Gasteiger partial charge < -0.3 is 15.2 Å². The number of nitrogens with one attached hydrogen (secondary N) is 1. The summed E-state index contributed by atoms with van der Waals surface area (Å²) in [6.45, 7) is 0.306. The summed E-state index contributed by atoms with van der Waals surface area (Å²) < 4.78 is 28.0. The average Bonchev–Trinajstić information content (AvgIpc) is 2.82. The van der Waals surface area contributed by atoms with Crippen molar-refractivity contribution in [2.24, 2.45) is 0 Å². The number of aliphatic hydroxyl groups excluding tert-OH is 1. The van der Waals surface area contributed by atoms with Crippen molar-refractivity contribution in [2.75, 3.05) is 24.7 Å². The number of ether oxygens (including phenoxy) is 1. The molecule has 0 aromatic heterocycles. The lowest BCUT2D eigenvalue weighted by Crippen LogP contribution is -2.38. The van der Waals surface area contributed by atoms with E-state index < -0.39 is 15.9 Å². The molecule has 0 amide bonds. The molecule has 1 saturated heterocycles. The van der Waals surface area contributed by atoms with Gasteiger partial charge in [-0.1, -0.05) is 12.1 Å². The van der Waals surface area contributed by atoms with Crippen LogP contribution in [-0.2, 0) is 9.84 Å². The van der Waals surface area contributed by atoms with Gasteiger partial charge in [-0.2, -0.15) is 5.26 Å². The van der Waals surface area contributed by atoms with Crippen molar-refractivity contribution in [3.63, 3.8) is 0 Å². The Labute approximate surface area is 124 Å². The van der Waals surface area contributed by atoms with Gasteiger partial charge in [0.15, 0.2) is 9.84 Å². The molecule has 0 spiro atoms. The number of hydrogen-bond donors (Lipinski definition) is 2. The van der Waals surface area contributed by atoms with Crippen LogP contribution in [0.4, 0.5) is 0 Å². The monoisotopic (exact) mass is 310 g/mol. The van der Waals surface area contributed by atoms with Crippen molar-refractivity contribution < 1.29 is 18.3 Å². The molecule has 1 heterocycles. The molecule has 2 unspecified atom stereocenters. The Morgan fingerprint density at radius 3 is 2.90 bits per heavy atom. The number of aliphatic hydroxyl groups is 1. The molecule has 6 nitrogen and oxygen atoms in total. The van der Waals surface area contributed by atoms with Gasteiger partial charge in [-0.25, -0.2) is 8.42 Å². The highest BCUT2D eigenvalue weighted by Gasteiger charge is 2.27. The lowest BCUT2D eigenvalue weighted by atomic mass is 10.2. The molecule has 114 valence electrons. The molecule has 2 atom stereocenters. The van der Waals surface area contributed by atoms with Gasteiger partial charge in [-0.15, -0.1) is 0 Å². The van der Waals surface area contributed by atoms with Crippen LogP contribution in [0.1, 0.15) is 12.0 Å². The molecule has 1 aliphatic heterocycles. The second-order valence-corrected chi connectivity index (χ2v) is 7.31. The van der Waals surface area contributed by atoms with Crippen LogP contribution >= 0.6 is 0 Å². The SMILES string of the molecule is N#Cc1ccccc1OCC(O)CNC1CCS(=O)(=O)C1. The zero-order chi connectivity index (χ0) is 15.3. The maximum absolute atomic E-state index is 11.3. The molecule has 1 aromatic carbocycles. The zero-order valence-electron chi connectivity index (χ0n) is 11.5. The minimum Gasteiger partial charge on any atom is -0.489 e. The summed E-state index contributed by atoms with van der Waals surface area (Å²) >= 11 is 0. The predicted octanol–water partition coefficient (Wildman–Crippen LogP) is 0.0747. The van der Waals surface area contributed by atoms with Gasteiger partial charge in [0.05, 0.1) is 17.1 Å². The number of nitriles is 1.